The van der Waals surface area contributed by atoms with E-state index in [0.29, 0.717) is 5.56 Å². The predicted octanol–water partition coefficient (Wildman–Crippen LogP) is 2.09. The standard InChI is InChI=1S/C15H19N3O/c1-10(16)9-11(2)18-15(19)13-7-3-5-12-6-4-8-17-14(12)13/h3-8,10-11H,9,16H2,1-2H3,(H,18,19). The first-order valence-corrected chi connectivity index (χ1v) is 6.48. The van der Waals surface area contributed by atoms with Crippen LogP contribution in [0.1, 0.15) is 30.6 Å². The quantitative estimate of drug-likeness (QED) is 0.881. The summed E-state index contributed by atoms with van der Waals surface area (Å²) < 4.78 is 0. The van der Waals surface area contributed by atoms with Gasteiger partial charge in [0.2, 0.25) is 0 Å². The summed E-state index contributed by atoms with van der Waals surface area (Å²) >= 11 is 0. The Labute approximate surface area is 113 Å². The summed E-state index contributed by atoms with van der Waals surface area (Å²) in [6.07, 6.45) is 2.45. The zero-order valence-electron chi connectivity index (χ0n) is 11.3. The molecule has 100 valence electrons. The Morgan fingerprint density at radius 2 is 2.05 bits per heavy atom. The number of rotatable bonds is 4. The molecule has 0 spiro atoms. The number of pyridine rings is 1. The van der Waals surface area contributed by atoms with Crippen LogP contribution in [-0.4, -0.2) is 23.0 Å². The molecule has 1 amide bonds. The van der Waals surface area contributed by atoms with Gasteiger partial charge in [0.15, 0.2) is 0 Å². The molecule has 1 heterocycles. The van der Waals surface area contributed by atoms with Crippen molar-refractivity contribution in [1.29, 1.82) is 0 Å². The normalized spacial score (nSPS) is 14.1. The van der Waals surface area contributed by atoms with E-state index in [1.165, 1.54) is 0 Å². The fourth-order valence-electron chi connectivity index (χ4n) is 2.21. The van der Waals surface area contributed by atoms with E-state index in [0.717, 1.165) is 17.3 Å². The highest BCUT2D eigenvalue weighted by Crippen LogP contribution is 2.16. The number of hydrogen-bond donors (Lipinski definition) is 2. The molecule has 2 atom stereocenters. The van der Waals surface area contributed by atoms with E-state index in [9.17, 15) is 4.79 Å². The highest BCUT2D eigenvalue weighted by atomic mass is 16.1. The number of aromatic nitrogens is 1. The maximum atomic E-state index is 12.3. The third kappa shape index (κ3) is 3.29. The lowest BCUT2D eigenvalue weighted by Gasteiger charge is -2.16. The molecule has 0 aliphatic rings. The Morgan fingerprint density at radius 1 is 1.32 bits per heavy atom. The van der Waals surface area contributed by atoms with E-state index in [1.54, 1.807) is 12.3 Å². The van der Waals surface area contributed by atoms with Crippen LogP contribution in [0.2, 0.25) is 0 Å². The van der Waals surface area contributed by atoms with Crippen molar-refractivity contribution in [1.82, 2.24) is 10.3 Å². The zero-order chi connectivity index (χ0) is 13.8. The minimum atomic E-state index is -0.0996. The number of nitrogens with zero attached hydrogens (tertiary/aromatic N) is 1. The number of nitrogens with two attached hydrogens (primary N) is 1. The lowest BCUT2D eigenvalue weighted by Crippen LogP contribution is -2.36. The lowest BCUT2D eigenvalue weighted by molar-refractivity contribution is 0.0939. The fraction of sp³-hybridized carbons (Fsp3) is 0.333. The third-order valence-electron chi connectivity index (χ3n) is 2.98. The van der Waals surface area contributed by atoms with Crippen LogP contribution in [0.3, 0.4) is 0 Å². The average molecular weight is 257 g/mol. The topological polar surface area (TPSA) is 68.0 Å². The molecule has 3 N–H and O–H groups in total. The molecule has 4 heteroatoms. The molecule has 19 heavy (non-hydrogen) atoms. The van der Waals surface area contributed by atoms with Gasteiger partial charge in [0.05, 0.1) is 11.1 Å². The van der Waals surface area contributed by atoms with Crippen LogP contribution in [-0.2, 0) is 0 Å². The van der Waals surface area contributed by atoms with E-state index in [-0.39, 0.29) is 18.0 Å². The van der Waals surface area contributed by atoms with Gasteiger partial charge in [-0.3, -0.25) is 9.78 Å². The SMILES string of the molecule is CC(N)CC(C)NC(=O)c1cccc2cccnc12. The Balaban J connectivity index is 2.22. The summed E-state index contributed by atoms with van der Waals surface area (Å²) in [5, 5.41) is 3.93. The molecule has 4 nitrogen and oxygen atoms in total. The van der Waals surface area contributed by atoms with Crippen molar-refractivity contribution in [2.24, 2.45) is 5.73 Å². The van der Waals surface area contributed by atoms with Gasteiger partial charge in [-0.15, -0.1) is 0 Å². The summed E-state index contributed by atoms with van der Waals surface area (Å²) in [5.74, 6) is -0.0996. The number of hydrogen-bond acceptors (Lipinski definition) is 3. The van der Waals surface area contributed by atoms with E-state index < -0.39 is 0 Å². The summed E-state index contributed by atoms with van der Waals surface area (Å²) in [4.78, 5) is 16.5. The largest absolute Gasteiger partial charge is 0.349 e. The Bertz CT molecular complexity index is 575. The maximum Gasteiger partial charge on any atom is 0.253 e. The molecule has 0 aliphatic carbocycles. The van der Waals surface area contributed by atoms with Gasteiger partial charge < -0.3 is 11.1 Å². The molecular weight excluding hydrogens is 238 g/mol. The van der Waals surface area contributed by atoms with Gasteiger partial charge >= 0.3 is 0 Å². The van der Waals surface area contributed by atoms with E-state index in [1.807, 2.05) is 38.1 Å². The van der Waals surface area contributed by atoms with Crippen LogP contribution >= 0.6 is 0 Å². The Kier molecular flexibility index (Phi) is 4.12. The predicted molar refractivity (Wildman–Crippen MR) is 76.9 cm³/mol. The van der Waals surface area contributed by atoms with Gasteiger partial charge in [-0.1, -0.05) is 18.2 Å². The van der Waals surface area contributed by atoms with E-state index in [2.05, 4.69) is 10.3 Å². The van der Waals surface area contributed by atoms with Crippen molar-refractivity contribution in [3.63, 3.8) is 0 Å². The van der Waals surface area contributed by atoms with Gasteiger partial charge in [0.1, 0.15) is 0 Å². The second kappa shape index (κ2) is 5.80. The summed E-state index contributed by atoms with van der Waals surface area (Å²) in [5.41, 5.74) is 7.07. The highest BCUT2D eigenvalue weighted by molar-refractivity contribution is 6.05. The van der Waals surface area contributed by atoms with Gasteiger partial charge in [0.25, 0.3) is 5.91 Å². The number of nitrogens with one attached hydrogen (secondary N) is 1. The van der Waals surface area contributed by atoms with Crippen molar-refractivity contribution < 1.29 is 4.79 Å². The first-order chi connectivity index (χ1) is 9.08. The Hall–Kier alpha value is -1.94. The number of para-hydroxylation sites is 1. The lowest BCUT2D eigenvalue weighted by atomic mass is 10.1. The summed E-state index contributed by atoms with van der Waals surface area (Å²) in [6, 6.07) is 9.54. The third-order valence-corrected chi connectivity index (χ3v) is 2.98. The molecule has 2 rings (SSSR count). The molecule has 0 aliphatic heterocycles. The van der Waals surface area contributed by atoms with Crippen LogP contribution in [0.4, 0.5) is 0 Å². The first-order valence-electron chi connectivity index (χ1n) is 6.48. The molecule has 2 unspecified atom stereocenters. The van der Waals surface area contributed by atoms with Crippen molar-refractivity contribution in [3.05, 3.63) is 42.1 Å². The van der Waals surface area contributed by atoms with Crippen LogP contribution < -0.4 is 11.1 Å². The number of carbonyl (C=O) groups is 1. The van der Waals surface area contributed by atoms with Gasteiger partial charge in [-0.05, 0) is 32.4 Å². The molecule has 0 saturated heterocycles. The van der Waals surface area contributed by atoms with E-state index in [4.69, 9.17) is 5.73 Å². The Morgan fingerprint density at radius 3 is 2.79 bits per heavy atom. The maximum absolute atomic E-state index is 12.3. The second-order valence-corrected chi connectivity index (χ2v) is 4.97. The molecule has 2 aromatic rings. The van der Waals surface area contributed by atoms with Gasteiger partial charge in [0, 0.05) is 23.7 Å². The van der Waals surface area contributed by atoms with Crippen LogP contribution in [0, 0.1) is 0 Å². The molecule has 0 saturated carbocycles. The monoisotopic (exact) mass is 257 g/mol. The van der Waals surface area contributed by atoms with Crippen molar-refractivity contribution in [3.8, 4) is 0 Å². The number of fused-ring (bicyclic) bond motifs is 1. The minimum absolute atomic E-state index is 0.0477. The first kappa shape index (κ1) is 13.5. The average Bonchev–Trinajstić information content (AvgIpc) is 2.36. The van der Waals surface area contributed by atoms with Crippen molar-refractivity contribution in [2.75, 3.05) is 0 Å². The number of amides is 1. The molecule has 1 aromatic heterocycles. The van der Waals surface area contributed by atoms with Crippen LogP contribution in [0.25, 0.3) is 10.9 Å². The molecule has 0 radical (unpaired) electrons. The minimum Gasteiger partial charge on any atom is -0.349 e. The molecule has 1 aromatic carbocycles. The molecular formula is C15H19N3O. The smallest absolute Gasteiger partial charge is 0.253 e. The number of carbonyl (C=O) groups excluding carboxylic acids is 1. The summed E-state index contributed by atoms with van der Waals surface area (Å²) in [6.45, 7) is 3.89. The summed E-state index contributed by atoms with van der Waals surface area (Å²) in [7, 11) is 0. The fourth-order valence-corrected chi connectivity index (χ4v) is 2.21. The highest BCUT2D eigenvalue weighted by Gasteiger charge is 2.14. The van der Waals surface area contributed by atoms with Crippen molar-refractivity contribution >= 4 is 16.8 Å². The zero-order valence-corrected chi connectivity index (χ0v) is 11.3. The van der Waals surface area contributed by atoms with Crippen molar-refractivity contribution in [2.45, 2.75) is 32.4 Å². The van der Waals surface area contributed by atoms with Gasteiger partial charge in [-0.2, -0.15) is 0 Å². The number of benzene rings is 1. The van der Waals surface area contributed by atoms with Gasteiger partial charge in [-0.25, -0.2) is 0 Å². The molecule has 0 fully saturated rings. The van der Waals surface area contributed by atoms with Crippen LogP contribution in [0.15, 0.2) is 36.5 Å². The second-order valence-electron chi connectivity index (χ2n) is 4.97. The van der Waals surface area contributed by atoms with Crippen LogP contribution in [0.5, 0.6) is 0 Å². The van der Waals surface area contributed by atoms with E-state index >= 15 is 0 Å². The molecule has 0 bridgehead atoms.